The standard InChI is InChI=1S/C16H15N3S/c1-10-7-13(17)14(18)8-16(10)20-15-4-2-3-11-9-19-6-5-12(11)15/h2-9H,17-18H2,1H3. The molecule has 3 aromatic rings. The number of hydrogen-bond donors (Lipinski definition) is 2. The van der Waals surface area contributed by atoms with Crippen LogP contribution in [0.5, 0.6) is 0 Å². The predicted molar refractivity (Wildman–Crippen MR) is 85.9 cm³/mol. The van der Waals surface area contributed by atoms with Crippen LogP contribution in [0.25, 0.3) is 10.8 Å². The number of nitrogens with two attached hydrogens (primary N) is 2. The molecule has 0 aliphatic heterocycles. The van der Waals surface area contributed by atoms with Gasteiger partial charge < -0.3 is 11.5 Å². The summed E-state index contributed by atoms with van der Waals surface area (Å²) in [6.07, 6.45) is 3.69. The summed E-state index contributed by atoms with van der Waals surface area (Å²) in [4.78, 5) is 6.48. The van der Waals surface area contributed by atoms with Crippen molar-refractivity contribution in [1.82, 2.24) is 4.98 Å². The number of benzene rings is 2. The first-order valence-electron chi connectivity index (χ1n) is 6.31. The van der Waals surface area contributed by atoms with Crippen molar-refractivity contribution in [3.05, 3.63) is 54.4 Å². The highest BCUT2D eigenvalue weighted by molar-refractivity contribution is 7.99. The lowest BCUT2D eigenvalue weighted by Gasteiger charge is -2.10. The summed E-state index contributed by atoms with van der Waals surface area (Å²) >= 11 is 1.70. The molecule has 100 valence electrons. The van der Waals surface area contributed by atoms with Gasteiger partial charge in [0.25, 0.3) is 0 Å². The van der Waals surface area contributed by atoms with Gasteiger partial charge in [-0.3, -0.25) is 4.98 Å². The third-order valence-corrected chi connectivity index (χ3v) is 4.48. The molecule has 1 aromatic heterocycles. The number of aromatic nitrogens is 1. The first-order chi connectivity index (χ1) is 9.65. The van der Waals surface area contributed by atoms with Gasteiger partial charge in [0.15, 0.2) is 0 Å². The Hall–Kier alpha value is -2.20. The van der Waals surface area contributed by atoms with Crippen LogP contribution < -0.4 is 11.5 Å². The van der Waals surface area contributed by atoms with Crippen molar-refractivity contribution in [3.8, 4) is 0 Å². The van der Waals surface area contributed by atoms with E-state index in [1.54, 1.807) is 11.8 Å². The quantitative estimate of drug-likeness (QED) is 0.700. The molecule has 3 nitrogen and oxygen atoms in total. The minimum Gasteiger partial charge on any atom is -0.397 e. The molecule has 0 radical (unpaired) electrons. The van der Waals surface area contributed by atoms with E-state index >= 15 is 0 Å². The van der Waals surface area contributed by atoms with E-state index in [2.05, 4.69) is 17.1 Å². The fourth-order valence-electron chi connectivity index (χ4n) is 2.14. The maximum atomic E-state index is 5.91. The van der Waals surface area contributed by atoms with Gasteiger partial charge in [-0.15, -0.1) is 0 Å². The van der Waals surface area contributed by atoms with E-state index in [1.165, 1.54) is 10.3 Å². The molecule has 1 heterocycles. The number of fused-ring (bicyclic) bond motifs is 1. The van der Waals surface area contributed by atoms with E-state index in [0.29, 0.717) is 11.4 Å². The molecule has 0 fully saturated rings. The molecule has 0 bridgehead atoms. The fraction of sp³-hybridized carbons (Fsp3) is 0.0625. The Labute approximate surface area is 122 Å². The van der Waals surface area contributed by atoms with Gasteiger partial charge in [-0.25, -0.2) is 0 Å². The summed E-state index contributed by atoms with van der Waals surface area (Å²) < 4.78 is 0. The zero-order valence-corrected chi connectivity index (χ0v) is 11.9. The number of pyridine rings is 1. The zero-order chi connectivity index (χ0) is 14.1. The van der Waals surface area contributed by atoms with Crippen molar-refractivity contribution in [2.75, 3.05) is 11.5 Å². The van der Waals surface area contributed by atoms with E-state index < -0.39 is 0 Å². The van der Waals surface area contributed by atoms with Crippen LogP contribution in [0.3, 0.4) is 0 Å². The molecular formula is C16H15N3S. The summed E-state index contributed by atoms with van der Waals surface area (Å²) in [6, 6.07) is 12.1. The summed E-state index contributed by atoms with van der Waals surface area (Å²) in [5.41, 5.74) is 14.1. The van der Waals surface area contributed by atoms with Gasteiger partial charge in [-0.1, -0.05) is 23.9 Å². The molecule has 0 unspecified atom stereocenters. The second-order valence-corrected chi connectivity index (χ2v) is 5.79. The van der Waals surface area contributed by atoms with Crippen molar-refractivity contribution in [2.24, 2.45) is 0 Å². The van der Waals surface area contributed by atoms with E-state index in [0.717, 1.165) is 15.8 Å². The molecule has 0 aliphatic rings. The van der Waals surface area contributed by atoms with Crippen LogP contribution in [0, 0.1) is 6.92 Å². The van der Waals surface area contributed by atoms with Crippen LogP contribution in [0.4, 0.5) is 11.4 Å². The minimum atomic E-state index is 0.625. The van der Waals surface area contributed by atoms with Crippen molar-refractivity contribution in [3.63, 3.8) is 0 Å². The Morgan fingerprint density at radius 3 is 2.65 bits per heavy atom. The third kappa shape index (κ3) is 2.30. The van der Waals surface area contributed by atoms with Crippen LogP contribution >= 0.6 is 11.8 Å². The van der Waals surface area contributed by atoms with Crippen molar-refractivity contribution in [2.45, 2.75) is 16.7 Å². The Morgan fingerprint density at radius 1 is 1.00 bits per heavy atom. The Morgan fingerprint density at radius 2 is 1.80 bits per heavy atom. The molecule has 3 rings (SSSR count). The molecule has 2 aromatic carbocycles. The number of nitrogens with zero attached hydrogens (tertiary/aromatic N) is 1. The molecule has 0 saturated carbocycles. The first kappa shape index (κ1) is 12.8. The Balaban J connectivity index is 2.08. The number of anilines is 2. The van der Waals surface area contributed by atoms with Crippen LogP contribution in [0.15, 0.2) is 58.6 Å². The molecule has 20 heavy (non-hydrogen) atoms. The van der Waals surface area contributed by atoms with Crippen LogP contribution in [-0.2, 0) is 0 Å². The van der Waals surface area contributed by atoms with Gasteiger partial charge in [-0.05, 0) is 42.1 Å². The van der Waals surface area contributed by atoms with Crippen molar-refractivity contribution < 1.29 is 0 Å². The highest BCUT2D eigenvalue weighted by atomic mass is 32.2. The maximum Gasteiger partial charge on any atom is 0.0559 e. The van der Waals surface area contributed by atoms with Gasteiger partial charge in [0.1, 0.15) is 0 Å². The Bertz CT molecular complexity index is 779. The van der Waals surface area contributed by atoms with Gasteiger partial charge in [0.05, 0.1) is 11.4 Å². The van der Waals surface area contributed by atoms with Crippen molar-refractivity contribution in [1.29, 1.82) is 0 Å². The number of hydrogen-bond acceptors (Lipinski definition) is 4. The van der Waals surface area contributed by atoms with E-state index in [1.807, 2.05) is 43.6 Å². The fourth-order valence-corrected chi connectivity index (χ4v) is 3.22. The van der Waals surface area contributed by atoms with Crippen LogP contribution in [0.1, 0.15) is 5.56 Å². The number of nitrogen functional groups attached to an aromatic ring is 2. The monoisotopic (exact) mass is 281 g/mol. The minimum absolute atomic E-state index is 0.625. The second-order valence-electron chi connectivity index (χ2n) is 4.70. The molecule has 0 amide bonds. The first-order valence-corrected chi connectivity index (χ1v) is 7.13. The van der Waals surface area contributed by atoms with Crippen LogP contribution in [0.2, 0.25) is 0 Å². The molecular weight excluding hydrogens is 266 g/mol. The average molecular weight is 281 g/mol. The molecule has 0 saturated heterocycles. The van der Waals surface area contributed by atoms with E-state index in [-0.39, 0.29) is 0 Å². The number of rotatable bonds is 2. The summed E-state index contributed by atoms with van der Waals surface area (Å²) in [7, 11) is 0. The van der Waals surface area contributed by atoms with Crippen LogP contribution in [-0.4, -0.2) is 4.98 Å². The highest BCUT2D eigenvalue weighted by Crippen LogP contribution is 2.37. The largest absolute Gasteiger partial charge is 0.397 e. The lowest BCUT2D eigenvalue weighted by molar-refractivity contribution is 1.30. The predicted octanol–water partition coefficient (Wildman–Crippen LogP) is 3.86. The zero-order valence-electron chi connectivity index (χ0n) is 11.1. The summed E-state index contributed by atoms with van der Waals surface area (Å²) in [5.74, 6) is 0. The lowest BCUT2D eigenvalue weighted by Crippen LogP contribution is -1.96. The lowest BCUT2D eigenvalue weighted by atomic mass is 10.2. The SMILES string of the molecule is Cc1cc(N)c(N)cc1Sc1cccc2cnccc12. The molecule has 0 aliphatic carbocycles. The van der Waals surface area contributed by atoms with Crippen molar-refractivity contribution >= 4 is 33.9 Å². The number of aryl methyl sites for hydroxylation is 1. The highest BCUT2D eigenvalue weighted by Gasteiger charge is 2.07. The maximum absolute atomic E-state index is 5.91. The van der Waals surface area contributed by atoms with Gasteiger partial charge in [-0.2, -0.15) is 0 Å². The Kier molecular flexibility index (Phi) is 3.24. The van der Waals surface area contributed by atoms with Gasteiger partial charge in [0, 0.05) is 27.6 Å². The molecule has 0 spiro atoms. The second kappa shape index (κ2) is 5.06. The average Bonchev–Trinajstić information content (AvgIpc) is 2.45. The topological polar surface area (TPSA) is 64.9 Å². The molecule has 4 N–H and O–H groups in total. The molecule has 4 heteroatoms. The van der Waals surface area contributed by atoms with Gasteiger partial charge in [0.2, 0.25) is 0 Å². The summed E-state index contributed by atoms with van der Waals surface area (Å²) in [6.45, 7) is 2.05. The smallest absolute Gasteiger partial charge is 0.0559 e. The van der Waals surface area contributed by atoms with Gasteiger partial charge >= 0.3 is 0 Å². The molecule has 0 atom stereocenters. The third-order valence-electron chi connectivity index (χ3n) is 3.24. The van der Waals surface area contributed by atoms with E-state index in [4.69, 9.17) is 11.5 Å². The normalized spacial score (nSPS) is 10.8. The van der Waals surface area contributed by atoms with E-state index in [9.17, 15) is 0 Å². The summed E-state index contributed by atoms with van der Waals surface area (Å²) in [5, 5.41) is 2.33.